The maximum Gasteiger partial charge on any atom is 0.270 e. The molecule has 1 saturated heterocycles. The zero-order valence-corrected chi connectivity index (χ0v) is 14.2. The van der Waals surface area contributed by atoms with Gasteiger partial charge < -0.3 is 20.1 Å². The summed E-state index contributed by atoms with van der Waals surface area (Å²) in [5.74, 6) is -0.636. The van der Waals surface area contributed by atoms with Crippen molar-refractivity contribution in [3.8, 4) is 6.07 Å². The first-order valence-electron chi connectivity index (χ1n) is 8.38. The van der Waals surface area contributed by atoms with E-state index in [0.717, 1.165) is 5.56 Å². The second-order valence-corrected chi connectivity index (χ2v) is 6.77. The van der Waals surface area contributed by atoms with Gasteiger partial charge in [-0.05, 0) is 36.6 Å². The molecular weight excluding hydrogens is 337 g/mol. The number of hydrogen-bond acceptors (Lipinski definition) is 4. The van der Waals surface area contributed by atoms with E-state index < -0.39 is 11.5 Å². The van der Waals surface area contributed by atoms with Crippen LogP contribution in [-0.2, 0) is 6.42 Å². The van der Waals surface area contributed by atoms with Crippen LogP contribution in [0.4, 0.5) is 4.39 Å². The summed E-state index contributed by atoms with van der Waals surface area (Å²) in [6.45, 7) is 0.220. The number of amides is 1. The second-order valence-electron chi connectivity index (χ2n) is 6.77. The van der Waals surface area contributed by atoms with Crippen LogP contribution < -0.4 is 0 Å². The number of hydrogen-bond donors (Lipinski definition) is 3. The van der Waals surface area contributed by atoms with Crippen LogP contribution >= 0.6 is 0 Å². The Morgan fingerprint density at radius 1 is 1.42 bits per heavy atom. The topological polar surface area (TPSA) is 100 Å². The molecule has 7 heteroatoms. The Hall–Kier alpha value is -2.69. The molecule has 6 nitrogen and oxygen atoms in total. The SMILES string of the molecule is N#Cc1c[nH]c(C(=O)N2CC[C@H](O)[C@@](CO)(Cc3ccc(F)cc3)C2)c1. The second kappa shape index (κ2) is 7.28. The molecular formula is C19H20FN3O3. The molecule has 0 aliphatic carbocycles. The monoisotopic (exact) mass is 357 g/mol. The maximum absolute atomic E-state index is 13.1. The molecule has 136 valence electrons. The van der Waals surface area contributed by atoms with E-state index in [1.54, 1.807) is 17.0 Å². The number of nitrogens with one attached hydrogen (secondary N) is 1. The van der Waals surface area contributed by atoms with E-state index in [4.69, 9.17) is 5.26 Å². The third kappa shape index (κ3) is 3.47. The summed E-state index contributed by atoms with van der Waals surface area (Å²) < 4.78 is 13.1. The Morgan fingerprint density at radius 3 is 2.77 bits per heavy atom. The number of rotatable bonds is 4. The van der Waals surface area contributed by atoms with Crippen LogP contribution in [0.3, 0.4) is 0 Å². The first-order valence-corrected chi connectivity index (χ1v) is 8.38. The number of carbonyl (C=O) groups excluding carboxylic acids is 1. The number of aliphatic hydroxyl groups excluding tert-OH is 2. The highest BCUT2D eigenvalue weighted by Gasteiger charge is 2.44. The van der Waals surface area contributed by atoms with Crippen molar-refractivity contribution >= 4 is 5.91 Å². The number of nitrogens with zero attached hydrogens (tertiary/aromatic N) is 2. The van der Waals surface area contributed by atoms with Crippen LogP contribution in [-0.4, -0.2) is 51.8 Å². The third-order valence-electron chi connectivity index (χ3n) is 5.00. The molecule has 2 atom stereocenters. The zero-order valence-electron chi connectivity index (χ0n) is 14.2. The standard InChI is InChI=1S/C19H20FN3O3/c20-15-3-1-13(2-4-15)8-19(12-24)11-23(6-5-17(19)25)18(26)16-7-14(9-21)10-22-16/h1-4,7,10,17,22,24-25H,5-6,8,11-12H2/t17-,19-/m0/s1. The molecule has 2 heterocycles. The highest BCUT2D eigenvalue weighted by molar-refractivity contribution is 5.93. The molecule has 3 rings (SSSR count). The van der Waals surface area contributed by atoms with E-state index in [0.29, 0.717) is 30.6 Å². The van der Waals surface area contributed by atoms with Crippen LogP contribution in [0, 0.1) is 22.6 Å². The van der Waals surface area contributed by atoms with Crippen molar-refractivity contribution < 1.29 is 19.4 Å². The fourth-order valence-corrected chi connectivity index (χ4v) is 3.47. The number of H-pyrrole nitrogens is 1. The fraction of sp³-hybridized carbons (Fsp3) is 0.368. The molecule has 26 heavy (non-hydrogen) atoms. The largest absolute Gasteiger partial charge is 0.396 e. The highest BCUT2D eigenvalue weighted by atomic mass is 19.1. The lowest BCUT2D eigenvalue weighted by Gasteiger charge is -2.45. The molecule has 1 aliphatic heterocycles. The number of piperidine rings is 1. The first kappa shape index (κ1) is 18.1. The Kier molecular flexibility index (Phi) is 5.07. The lowest BCUT2D eigenvalue weighted by molar-refractivity contribution is -0.0669. The van der Waals surface area contributed by atoms with Gasteiger partial charge in [-0.1, -0.05) is 12.1 Å². The lowest BCUT2D eigenvalue weighted by atomic mass is 9.73. The van der Waals surface area contributed by atoms with Crippen LogP contribution in [0.1, 0.15) is 28.0 Å². The number of nitriles is 1. The van der Waals surface area contributed by atoms with Crippen LogP contribution in [0.5, 0.6) is 0 Å². The summed E-state index contributed by atoms with van der Waals surface area (Å²) in [5.41, 5.74) is 0.522. The molecule has 0 unspecified atom stereocenters. The summed E-state index contributed by atoms with van der Waals surface area (Å²) in [6, 6.07) is 9.34. The predicted octanol–water partition coefficient (Wildman–Crippen LogP) is 1.45. The van der Waals surface area contributed by atoms with E-state index in [9.17, 15) is 19.4 Å². The number of aromatic amines is 1. The average Bonchev–Trinajstić information content (AvgIpc) is 3.14. The normalized spacial score (nSPS) is 22.8. The third-order valence-corrected chi connectivity index (χ3v) is 5.00. The summed E-state index contributed by atoms with van der Waals surface area (Å²) in [4.78, 5) is 17.1. The van der Waals surface area contributed by atoms with Gasteiger partial charge >= 0.3 is 0 Å². The molecule has 1 aromatic carbocycles. The van der Waals surface area contributed by atoms with E-state index in [1.807, 2.05) is 6.07 Å². The summed E-state index contributed by atoms with van der Waals surface area (Å²) in [7, 11) is 0. The predicted molar refractivity (Wildman–Crippen MR) is 91.7 cm³/mol. The van der Waals surface area contributed by atoms with Gasteiger partial charge in [-0.2, -0.15) is 5.26 Å². The Balaban J connectivity index is 1.81. The molecule has 1 amide bonds. The minimum Gasteiger partial charge on any atom is -0.396 e. The molecule has 0 saturated carbocycles. The van der Waals surface area contributed by atoms with Gasteiger partial charge in [0.2, 0.25) is 0 Å². The van der Waals surface area contributed by atoms with Gasteiger partial charge in [0.05, 0.1) is 18.3 Å². The van der Waals surface area contributed by atoms with Crippen molar-refractivity contribution in [3.63, 3.8) is 0 Å². The van der Waals surface area contributed by atoms with E-state index in [2.05, 4.69) is 4.98 Å². The smallest absolute Gasteiger partial charge is 0.270 e. The van der Waals surface area contributed by atoms with Crippen LogP contribution in [0.2, 0.25) is 0 Å². The number of aliphatic hydroxyl groups is 2. The van der Waals surface area contributed by atoms with Crippen molar-refractivity contribution in [1.82, 2.24) is 9.88 Å². The van der Waals surface area contributed by atoms with E-state index in [1.165, 1.54) is 24.4 Å². The Bertz CT molecular complexity index is 827. The molecule has 0 radical (unpaired) electrons. The van der Waals surface area contributed by atoms with Crippen LogP contribution in [0.25, 0.3) is 0 Å². The maximum atomic E-state index is 13.1. The van der Waals surface area contributed by atoms with Crippen molar-refractivity contribution in [3.05, 3.63) is 59.2 Å². The van der Waals surface area contributed by atoms with Gasteiger partial charge in [0.15, 0.2) is 0 Å². The number of halogens is 1. The average molecular weight is 357 g/mol. The van der Waals surface area contributed by atoms with Gasteiger partial charge in [0.25, 0.3) is 5.91 Å². The summed E-state index contributed by atoms with van der Waals surface area (Å²) >= 11 is 0. The highest BCUT2D eigenvalue weighted by Crippen LogP contribution is 2.34. The van der Waals surface area contributed by atoms with E-state index >= 15 is 0 Å². The van der Waals surface area contributed by atoms with Crippen molar-refractivity contribution in [2.45, 2.75) is 18.9 Å². The fourth-order valence-electron chi connectivity index (χ4n) is 3.47. The minimum absolute atomic E-state index is 0.168. The quantitative estimate of drug-likeness (QED) is 0.771. The molecule has 1 fully saturated rings. The number of likely N-dealkylation sites (tertiary alicyclic amines) is 1. The molecule has 1 aromatic heterocycles. The minimum atomic E-state index is -0.920. The molecule has 3 N–H and O–H groups in total. The van der Waals surface area contributed by atoms with Gasteiger partial charge in [0, 0.05) is 24.7 Å². The number of carbonyl (C=O) groups is 1. The zero-order chi connectivity index (χ0) is 18.7. The Labute approximate surface area is 150 Å². The van der Waals surface area contributed by atoms with Gasteiger partial charge in [0.1, 0.15) is 17.6 Å². The Morgan fingerprint density at radius 2 is 2.15 bits per heavy atom. The van der Waals surface area contributed by atoms with Crippen molar-refractivity contribution in [2.75, 3.05) is 19.7 Å². The van der Waals surface area contributed by atoms with Gasteiger partial charge in [-0.25, -0.2) is 4.39 Å². The van der Waals surface area contributed by atoms with Crippen molar-refractivity contribution in [2.24, 2.45) is 5.41 Å². The lowest BCUT2D eigenvalue weighted by Crippen LogP contribution is -2.56. The van der Waals surface area contributed by atoms with Crippen LogP contribution in [0.15, 0.2) is 36.5 Å². The van der Waals surface area contributed by atoms with Gasteiger partial charge in [-0.3, -0.25) is 4.79 Å². The molecule has 0 spiro atoms. The van der Waals surface area contributed by atoms with Crippen molar-refractivity contribution in [1.29, 1.82) is 5.26 Å². The van der Waals surface area contributed by atoms with E-state index in [-0.39, 0.29) is 24.9 Å². The molecule has 2 aromatic rings. The number of benzene rings is 1. The first-order chi connectivity index (χ1) is 12.5. The summed E-state index contributed by atoms with van der Waals surface area (Å²) in [5, 5.41) is 29.4. The molecule has 0 bridgehead atoms. The summed E-state index contributed by atoms with van der Waals surface area (Å²) in [6.07, 6.45) is 1.34. The number of aromatic nitrogens is 1. The molecule has 1 aliphatic rings. The van der Waals surface area contributed by atoms with Gasteiger partial charge in [-0.15, -0.1) is 0 Å².